The maximum atomic E-state index is 12.1. The average Bonchev–Trinajstić information content (AvgIpc) is 2.54. The van der Waals surface area contributed by atoms with Crippen molar-refractivity contribution in [2.24, 2.45) is 0 Å². The maximum absolute atomic E-state index is 12.1. The molecule has 0 saturated heterocycles. The Morgan fingerprint density at radius 2 is 2.05 bits per heavy atom. The molecule has 0 aromatic heterocycles. The molecular weight excluding hydrogens is 274 g/mol. The Labute approximate surface area is 134 Å². The van der Waals surface area contributed by atoms with Crippen molar-refractivity contribution in [3.05, 3.63) is 42.6 Å². The monoisotopic (exact) mass is 303 g/mol. The lowest BCUT2D eigenvalue weighted by molar-refractivity contribution is 0.0951. The first-order valence-corrected chi connectivity index (χ1v) is 8.19. The van der Waals surface area contributed by atoms with Crippen LogP contribution >= 0.6 is 0 Å². The van der Waals surface area contributed by atoms with Crippen molar-refractivity contribution in [1.82, 2.24) is 10.2 Å². The zero-order valence-electron chi connectivity index (χ0n) is 13.9. The predicted molar refractivity (Wildman–Crippen MR) is 94.2 cm³/mol. The number of hydrogen-bond donors (Lipinski definition) is 2. The van der Waals surface area contributed by atoms with Crippen molar-refractivity contribution in [2.75, 3.05) is 31.5 Å². The van der Waals surface area contributed by atoms with E-state index in [0.717, 1.165) is 31.7 Å². The molecule has 4 heteroatoms. The number of anilines is 1. The smallest absolute Gasteiger partial charge is 0.251 e. The lowest BCUT2D eigenvalue weighted by Gasteiger charge is -2.19. The van der Waals surface area contributed by atoms with Crippen LogP contribution in [0.5, 0.6) is 0 Å². The van der Waals surface area contributed by atoms with Gasteiger partial charge >= 0.3 is 0 Å². The summed E-state index contributed by atoms with van der Waals surface area (Å²) in [7, 11) is 0. The molecule has 0 aliphatic rings. The molecule has 0 atom stereocenters. The molecule has 1 aromatic rings. The van der Waals surface area contributed by atoms with Crippen molar-refractivity contribution >= 4 is 11.6 Å². The molecule has 22 heavy (non-hydrogen) atoms. The second kappa shape index (κ2) is 10.9. The Morgan fingerprint density at radius 3 is 2.73 bits per heavy atom. The second-order valence-corrected chi connectivity index (χ2v) is 5.33. The number of benzene rings is 1. The van der Waals surface area contributed by atoms with E-state index in [4.69, 9.17) is 0 Å². The Hall–Kier alpha value is -1.81. The molecule has 0 radical (unpaired) electrons. The fourth-order valence-electron chi connectivity index (χ4n) is 2.28. The number of amides is 1. The van der Waals surface area contributed by atoms with Crippen molar-refractivity contribution < 1.29 is 4.79 Å². The number of rotatable bonds is 11. The van der Waals surface area contributed by atoms with Gasteiger partial charge in [-0.25, -0.2) is 0 Å². The average molecular weight is 303 g/mol. The van der Waals surface area contributed by atoms with Gasteiger partial charge in [-0.15, -0.1) is 0 Å². The van der Waals surface area contributed by atoms with Crippen LogP contribution in [0.1, 0.15) is 43.5 Å². The van der Waals surface area contributed by atoms with Gasteiger partial charge in [0.05, 0.1) is 0 Å². The molecule has 4 nitrogen and oxygen atoms in total. The highest BCUT2D eigenvalue weighted by molar-refractivity contribution is 5.95. The molecule has 2 N–H and O–H groups in total. The third-order valence-electron chi connectivity index (χ3n) is 3.61. The molecule has 1 amide bonds. The molecule has 122 valence electrons. The minimum Gasteiger partial charge on any atom is -0.362 e. The minimum atomic E-state index is -0.0238. The van der Waals surface area contributed by atoms with Gasteiger partial charge in [0.25, 0.3) is 5.91 Å². The molecule has 1 rings (SSSR count). The highest BCUT2D eigenvalue weighted by Crippen LogP contribution is 2.10. The highest BCUT2D eigenvalue weighted by Gasteiger charge is 2.06. The Balaban J connectivity index is 2.33. The summed E-state index contributed by atoms with van der Waals surface area (Å²) in [6.45, 7) is 12.0. The van der Waals surface area contributed by atoms with Gasteiger partial charge in [0, 0.05) is 17.8 Å². The lowest BCUT2D eigenvalue weighted by atomic mass is 10.2. The van der Waals surface area contributed by atoms with Crippen LogP contribution in [0.15, 0.2) is 37.0 Å². The predicted octanol–water partition coefficient (Wildman–Crippen LogP) is 3.48. The van der Waals surface area contributed by atoms with Crippen LogP contribution in [-0.2, 0) is 0 Å². The fraction of sp³-hybridized carbons (Fsp3) is 0.500. The van der Waals surface area contributed by atoms with Gasteiger partial charge in [0.2, 0.25) is 0 Å². The van der Waals surface area contributed by atoms with Crippen LogP contribution in [0.4, 0.5) is 5.69 Å². The number of carbonyl (C=O) groups excluding carboxylic acids is 1. The number of carbonyl (C=O) groups is 1. The Kier molecular flexibility index (Phi) is 9.00. The van der Waals surface area contributed by atoms with Gasteiger partial charge in [-0.3, -0.25) is 4.79 Å². The largest absolute Gasteiger partial charge is 0.362 e. The van der Waals surface area contributed by atoms with Crippen LogP contribution in [-0.4, -0.2) is 37.0 Å². The van der Waals surface area contributed by atoms with E-state index in [0.29, 0.717) is 12.1 Å². The van der Waals surface area contributed by atoms with E-state index in [1.807, 2.05) is 24.3 Å². The van der Waals surface area contributed by atoms with Gasteiger partial charge in [-0.1, -0.05) is 32.9 Å². The van der Waals surface area contributed by atoms with Crippen LogP contribution in [0.2, 0.25) is 0 Å². The van der Waals surface area contributed by atoms with E-state index < -0.39 is 0 Å². The van der Waals surface area contributed by atoms with E-state index in [1.165, 1.54) is 12.8 Å². The molecule has 0 fully saturated rings. The molecule has 0 spiro atoms. The summed E-state index contributed by atoms with van der Waals surface area (Å²) in [4.78, 5) is 14.5. The van der Waals surface area contributed by atoms with E-state index in [9.17, 15) is 4.79 Å². The van der Waals surface area contributed by atoms with Crippen LogP contribution in [0, 0.1) is 0 Å². The van der Waals surface area contributed by atoms with Crippen molar-refractivity contribution in [2.45, 2.75) is 33.1 Å². The molecule has 0 aliphatic carbocycles. The normalized spacial score (nSPS) is 10.5. The van der Waals surface area contributed by atoms with Crippen LogP contribution in [0.3, 0.4) is 0 Å². The van der Waals surface area contributed by atoms with Crippen LogP contribution in [0.25, 0.3) is 0 Å². The van der Waals surface area contributed by atoms with Gasteiger partial charge in [-0.2, -0.15) is 0 Å². The Morgan fingerprint density at radius 1 is 1.27 bits per heavy atom. The number of nitrogens with one attached hydrogen (secondary N) is 2. The van der Waals surface area contributed by atoms with E-state index in [-0.39, 0.29) is 5.91 Å². The van der Waals surface area contributed by atoms with Crippen molar-refractivity contribution in [3.8, 4) is 0 Å². The van der Waals surface area contributed by atoms with Gasteiger partial charge in [0.15, 0.2) is 0 Å². The topological polar surface area (TPSA) is 44.4 Å². The summed E-state index contributed by atoms with van der Waals surface area (Å²) >= 11 is 0. The second-order valence-electron chi connectivity index (χ2n) is 5.33. The Bertz CT molecular complexity index is 459. The van der Waals surface area contributed by atoms with Gasteiger partial charge < -0.3 is 15.5 Å². The number of unbranched alkanes of at least 4 members (excludes halogenated alkanes) is 1. The molecule has 0 unspecified atom stereocenters. The molecular formula is C18H29N3O. The summed E-state index contributed by atoms with van der Waals surface area (Å²) in [5, 5.41) is 5.97. The first kappa shape index (κ1) is 18.2. The molecule has 0 heterocycles. The third-order valence-corrected chi connectivity index (χ3v) is 3.61. The standard InChI is InChI=1S/C18H29N3O/c1-4-7-13-21(6-3)14-9-12-20-18(22)16-10-8-11-17(15-16)19-5-2/h5,8,10-11,15,19H,2,4,6-7,9,12-14H2,1,3H3,(H,20,22). The first-order chi connectivity index (χ1) is 10.7. The van der Waals surface area contributed by atoms with E-state index >= 15 is 0 Å². The van der Waals surface area contributed by atoms with Crippen molar-refractivity contribution in [3.63, 3.8) is 0 Å². The first-order valence-electron chi connectivity index (χ1n) is 8.19. The number of nitrogens with zero attached hydrogens (tertiary/aromatic N) is 1. The molecule has 1 aromatic carbocycles. The quantitative estimate of drug-likeness (QED) is 0.615. The van der Waals surface area contributed by atoms with Gasteiger partial charge in [0.1, 0.15) is 0 Å². The highest BCUT2D eigenvalue weighted by atomic mass is 16.1. The molecule has 0 bridgehead atoms. The fourth-order valence-corrected chi connectivity index (χ4v) is 2.28. The maximum Gasteiger partial charge on any atom is 0.251 e. The molecule has 0 saturated carbocycles. The summed E-state index contributed by atoms with van der Waals surface area (Å²) in [6, 6.07) is 7.43. The summed E-state index contributed by atoms with van der Waals surface area (Å²) in [6.07, 6.45) is 5.05. The van der Waals surface area contributed by atoms with Crippen molar-refractivity contribution in [1.29, 1.82) is 0 Å². The lowest BCUT2D eigenvalue weighted by Crippen LogP contribution is -2.30. The summed E-state index contributed by atoms with van der Waals surface area (Å²) in [5.41, 5.74) is 1.55. The summed E-state index contributed by atoms with van der Waals surface area (Å²) in [5.74, 6) is -0.0238. The zero-order valence-corrected chi connectivity index (χ0v) is 13.9. The van der Waals surface area contributed by atoms with Gasteiger partial charge in [-0.05, 0) is 56.9 Å². The zero-order chi connectivity index (χ0) is 16.2. The summed E-state index contributed by atoms with van der Waals surface area (Å²) < 4.78 is 0. The minimum absolute atomic E-state index is 0.0238. The number of hydrogen-bond acceptors (Lipinski definition) is 3. The van der Waals surface area contributed by atoms with E-state index in [1.54, 1.807) is 6.20 Å². The SMILES string of the molecule is C=CNc1cccc(C(=O)NCCCN(CC)CCCC)c1. The van der Waals surface area contributed by atoms with Crippen LogP contribution < -0.4 is 10.6 Å². The van der Waals surface area contributed by atoms with E-state index in [2.05, 4.69) is 36.0 Å². The molecule has 0 aliphatic heterocycles. The third kappa shape index (κ3) is 6.76.